The van der Waals surface area contributed by atoms with Gasteiger partial charge >= 0.3 is 0 Å². The van der Waals surface area contributed by atoms with E-state index in [0.717, 1.165) is 16.9 Å². The molecule has 0 aliphatic heterocycles. The number of nitrogens with zero attached hydrogens (tertiary/aromatic N) is 1. The summed E-state index contributed by atoms with van der Waals surface area (Å²) >= 11 is 0. The lowest BCUT2D eigenvalue weighted by Crippen LogP contribution is -2.18. The highest BCUT2D eigenvalue weighted by Gasteiger charge is 2.11. The molecule has 5 heteroatoms. The molecule has 1 N–H and O–H groups in total. The lowest BCUT2D eigenvalue weighted by atomic mass is 10.2. The Morgan fingerprint density at radius 3 is 1.92 bits per heavy atom. The van der Waals surface area contributed by atoms with E-state index in [4.69, 9.17) is 0 Å². The fourth-order valence-corrected chi connectivity index (χ4v) is 3.78. The van der Waals surface area contributed by atoms with Crippen LogP contribution in [-0.4, -0.2) is 21.2 Å². The number of benzene rings is 3. The minimum absolute atomic E-state index is 0.0582. The Bertz CT molecular complexity index is 925. The number of anilines is 3. The zero-order chi connectivity index (χ0) is 18.4. The zero-order valence-corrected chi connectivity index (χ0v) is 15.5. The second-order valence-corrected chi connectivity index (χ2v) is 7.94. The van der Waals surface area contributed by atoms with Gasteiger partial charge in [-0.05, 0) is 48.4 Å². The minimum atomic E-state index is -3.38. The molecule has 0 saturated heterocycles. The van der Waals surface area contributed by atoms with Gasteiger partial charge in [-0.1, -0.05) is 48.5 Å². The molecule has 134 valence electrons. The Hall–Kier alpha value is -2.79. The Morgan fingerprint density at radius 1 is 0.769 bits per heavy atom. The van der Waals surface area contributed by atoms with Gasteiger partial charge in [0.1, 0.15) is 0 Å². The number of hydrogen-bond donors (Lipinski definition) is 1. The van der Waals surface area contributed by atoms with Gasteiger partial charge in [-0.25, -0.2) is 8.42 Å². The average Bonchev–Trinajstić information content (AvgIpc) is 2.68. The van der Waals surface area contributed by atoms with E-state index in [0.29, 0.717) is 12.1 Å². The normalized spacial score (nSPS) is 11.1. The van der Waals surface area contributed by atoms with Gasteiger partial charge in [0.2, 0.25) is 10.0 Å². The molecule has 0 spiro atoms. The van der Waals surface area contributed by atoms with E-state index in [9.17, 15) is 8.42 Å². The molecule has 4 nitrogen and oxygen atoms in total. The van der Waals surface area contributed by atoms with Gasteiger partial charge in [-0.3, -0.25) is 4.72 Å². The highest BCUT2D eigenvalue weighted by atomic mass is 32.2. The third-order valence-corrected chi connectivity index (χ3v) is 5.46. The molecule has 0 radical (unpaired) electrons. The Kier molecular flexibility index (Phi) is 5.58. The number of hydrogen-bond acceptors (Lipinski definition) is 3. The fourth-order valence-electron chi connectivity index (χ4n) is 2.68. The summed E-state index contributed by atoms with van der Waals surface area (Å²) in [7, 11) is -1.40. The van der Waals surface area contributed by atoms with Crippen LogP contribution >= 0.6 is 0 Å². The molecule has 0 aromatic heterocycles. The number of rotatable bonds is 7. The van der Waals surface area contributed by atoms with E-state index in [1.807, 2.05) is 84.7 Å². The van der Waals surface area contributed by atoms with Gasteiger partial charge in [0.15, 0.2) is 0 Å². The summed E-state index contributed by atoms with van der Waals surface area (Å²) in [6, 6.07) is 27.0. The van der Waals surface area contributed by atoms with Gasteiger partial charge in [0.05, 0.1) is 5.75 Å². The summed E-state index contributed by atoms with van der Waals surface area (Å²) < 4.78 is 27.2. The van der Waals surface area contributed by atoms with E-state index in [1.165, 1.54) is 0 Å². The third kappa shape index (κ3) is 4.86. The molecule has 3 aromatic rings. The van der Waals surface area contributed by atoms with Gasteiger partial charge < -0.3 is 4.90 Å². The fraction of sp³-hybridized carbons (Fsp3) is 0.143. The Balaban J connectivity index is 1.63. The molecule has 0 amide bonds. The van der Waals surface area contributed by atoms with Crippen molar-refractivity contribution < 1.29 is 8.42 Å². The molecule has 0 unspecified atom stereocenters. The third-order valence-electron chi connectivity index (χ3n) is 4.17. The maximum atomic E-state index is 12.3. The second-order valence-electron chi connectivity index (χ2n) is 6.10. The second kappa shape index (κ2) is 8.06. The van der Waals surface area contributed by atoms with Crippen LogP contribution in [0.25, 0.3) is 0 Å². The largest absolute Gasteiger partial charge is 0.345 e. The van der Waals surface area contributed by atoms with Crippen molar-refractivity contribution in [2.45, 2.75) is 6.42 Å². The minimum Gasteiger partial charge on any atom is -0.345 e. The topological polar surface area (TPSA) is 49.4 Å². The average molecular weight is 366 g/mol. The first-order valence-corrected chi connectivity index (χ1v) is 10.1. The maximum absolute atomic E-state index is 12.3. The van der Waals surface area contributed by atoms with Crippen LogP contribution in [0.4, 0.5) is 17.1 Å². The van der Waals surface area contributed by atoms with Crippen LogP contribution in [0.5, 0.6) is 0 Å². The van der Waals surface area contributed by atoms with Crippen LogP contribution in [0.15, 0.2) is 84.9 Å². The molecule has 0 saturated carbocycles. The first-order valence-electron chi connectivity index (χ1n) is 8.47. The van der Waals surface area contributed by atoms with Crippen LogP contribution in [-0.2, 0) is 16.4 Å². The van der Waals surface area contributed by atoms with Crippen LogP contribution in [0.1, 0.15) is 5.56 Å². The Labute approximate surface area is 155 Å². The number of nitrogens with one attached hydrogen (secondary N) is 1. The predicted molar refractivity (Wildman–Crippen MR) is 109 cm³/mol. The standard InChI is InChI=1S/C21H22N2O2S/c1-23(20-10-6-3-7-11-20)21-14-12-19(13-15-21)22-26(24,25)17-16-18-8-4-2-5-9-18/h2-15,22H,16-17H2,1H3. The van der Waals surface area contributed by atoms with E-state index < -0.39 is 10.0 Å². The van der Waals surface area contributed by atoms with Crippen molar-refractivity contribution in [3.63, 3.8) is 0 Å². The van der Waals surface area contributed by atoms with Crippen LogP contribution in [0, 0.1) is 0 Å². The monoisotopic (exact) mass is 366 g/mol. The van der Waals surface area contributed by atoms with Crippen molar-refractivity contribution in [3.8, 4) is 0 Å². The highest BCUT2D eigenvalue weighted by molar-refractivity contribution is 7.92. The molecule has 0 bridgehead atoms. The van der Waals surface area contributed by atoms with Crippen LogP contribution in [0.2, 0.25) is 0 Å². The summed E-state index contributed by atoms with van der Waals surface area (Å²) in [6.07, 6.45) is 0.491. The molecule has 0 aliphatic rings. The SMILES string of the molecule is CN(c1ccccc1)c1ccc(NS(=O)(=O)CCc2ccccc2)cc1. The van der Waals surface area contributed by atoms with Crippen molar-refractivity contribution in [1.82, 2.24) is 0 Å². The van der Waals surface area contributed by atoms with Gasteiger partial charge in [0, 0.05) is 24.1 Å². The van der Waals surface area contributed by atoms with Gasteiger partial charge in [0.25, 0.3) is 0 Å². The summed E-state index contributed by atoms with van der Waals surface area (Å²) in [5.41, 5.74) is 3.65. The van der Waals surface area contributed by atoms with Gasteiger partial charge in [-0.15, -0.1) is 0 Å². The number of sulfonamides is 1. The molecule has 26 heavy (non-hydrogen) atoms. The number of aryl methyl sites for hydroxylation is 1. The van der Waals surface area contributed by atoms with Crippen molar-refractivity contribution in [2.75, 3.05) is 22.4 Å². The molecule has 3 rings (SSSR count). The molecule has 0 atom stereocenters. The molecule has 0 fully saturated rings. The predicted octanol–water partition coefficient (Wildman–Crippen LogP) is 4.44. The molecule has 0 heterocycles. The van der Waals surface area contributed by atoms with E-state index in [2.05, 4.69) is 4.72 Å². The molecule has 3 aromatic carbocycles. The summed E-state index contributed by atoms with van der Waals surface area (Å²) in [6.45, 7) is 0. The van der Waals surface area contributed by atoms with Crippen LogP contribution in [0.3, 0.4) is 0 Å². The lowest BCUT2D eigenvalue weighted by molar-refractivity contribution is 0.600. The van der Waals surface area contributed by atoms with Crippen molar-refractivity contribution in [2.24, 2.45) is 0 Å². The lowest BCUT2D eigenvalue weighted by Gasteiger charge is -2.19. The van der Waals surface area contributed by atoms with E-state index in [-0.39, 0.29) is 5.75 Å². The number of para-hydroxylation sites is 1. The summed E-state index contributed by atoms with van der Waals surface area (Å²) in [5.74, 6) is 0.0582. The zero-order valence-electron chi connectivity index (χ0n) is 14.7. The molecule has 0 aliphatic carbocycles. The summed E-state index contributed by atoms with van der Waals surface area (Å²) in [4.78, 5) is 2.05. The molecular weight excluding hydrogens is 344 g/mol. The van der Waals surface area contributed by atoms with E-state index >= 15 is 0 Å². The maximum Gasteiger partial charge on any atom is 0.233 e. The van der Waals surface area contributed by atoms with Crippen molar-refractivity contribution in [3.05, 3.63) is 90.5 Å². The first kappa shape index (κ1) is 18.0. The molecular formula is C21H22N2O2S. The van der Waals surface area contributed by atoms with E-state index in [1.54, 1.807) is 12.1 Å². The van der Waals surface area contributed by atoms with Crippen molar-refractivity contribution in [1.29, 1.82) is 0 Å². The van der Waals surface area contributed by atoms with Crippen LogP contribution < -0.4 is 9.62 Å². The quantitative estimate of drug-likeness (QED) is 0.672. The highest BCUT2D eigenvalue weighted by Crippen LogP contribution is 2.24. The Morgan fingerprint density at radius 2 is 1.31 bits per heavy atom. The van der Waals surface area contributed by atoms with Gasteiger partial charge in [-0.2, -0.15) is 0 Å². The van der Waals surface area contributed by atoms with Crippen molar-refractivity contribution >= 4 is 27.1 Å². The smallest absolute Gasteiger partial charge is 0.233 e. The summed E-state index contributed by atoms with van der Waals surface area (Å²) in [5, 5.41) is 0. The first-order chi connectivity index (χ1) is 12.5.